The Bertz CT molecular complexity index is 1110. The molecule has 9 heteroatoms. The van der Waals surface area contributed by atoms with Crippen LogP contribution in [0.3, 0.4) is 0 Å². The molecule has 0 aromatic heterocycles. The minimum atomic E-state index is -3.63. The molecule has 1 N–H and O–H groups in total. The Morgan fingerprint density at radius 2 is 1.69 bits per heavy atom. The van der Waals surface area contributed by atoms with Gasteiger partial charge in [0.1, 0.15) is 11.9 Å². The van der Waals surface area contributed by atoms with E-state index >= 15 is 0 Å². The van der Waals surface area contributed by atoms with Crippen LogP contribution in [0, 0.1) is 12.7 Å². The van der Waals surface area contributed by atoms with Crippen LogP contribution in [0.25, 0.3) is 0 Å². The maximum atomic E-state index is 13.3. The monoisotopic (exact) mass is 505 g/mol. The number of aryl methyl sites for hydroxylation is 1. The van der Waals surface area contributed by atoms with Crippen molar-refractivity contribution in [3.63, 3.8) is 0 Å². The lowest BCUT2D eigenvalue weighted by Crippen LogP contribution is -2.49. The summed E-state index contributed by atoms with van der Waals surface area (Å²) in [5, 5.41) is 2.93. The summed E-state index contributed by atoms with van der Waals surface area (Å²) in [5.74, 6) is -0.938. The maximum Gasteiger partial charge on any atom is 0.242 e. The van der Waals surface area contributed by atoms with Gasteiger partial charge in [0.2, 0.25) is 21.8 Å². The molecule has 7 nitrogen and oxygen atoms in total. The molecule has 2 aromatic rings. The van der Waals surface area contributed by atoms with Crippen molar-refractivity contribution in [1.29, 1.82) is 0 Å². The lowest BCUT2D eigenvalue weighted by Gasteiger charge is -2.30. The van der Waals surface area contributed by atoms with Crippen LogP contribution in [0.5, 0.6) is 0 Å². The van der Waals surface area contributed by atoms with E-state index in [-0.39, 0.29) is 43.8 Å². The Labute approximate surface area is 208 Å². The Morgan fingerprint density at radius 3 is 2.26 bits per heavy atom. The number of nitrogens with one attached hydrogen (secondary N) is 1. The number of amides is 2. The molecule has 0 saturated heterocycles. The van der Waals surface area contributed by atoms with E-state index < -0.39 is 21.9 Å². The SMILES string of the molecule is CCC(C)NC(=O)C(C)N(Cc1ccccc1C)C(=O)CCCN(c1ccc(F)cc1)S(C)(=O)=O. The molecule has 2 atom stereocenters. The van der Waals surface area contributed by atoms with Gasteiger partial charge in [0.15, 0.2) is 0 Å². The zero-order chi connectivity index (χ0) is 26.2. The number of rotatable bonds is 12. The van der Waals surface area contributed by atoms with E-state index in [2.05, 4.69) is 5.32 Å². The quantitative estimate of drug-likeness (QED) is 0.472. The Balaban J connectivity index is 2.18. The van der Waals surface area contributed by atoms with Gasteiger partial charge in [-0.2, -0.15) is 0 Å². The fourth-order valence-corrected chi connectivity index (χ4v) is 4.60. The van der Waals surface area contributed by atoms with Crippen LogP contribution in [0.2, 0.25) is 0 Å². The Morgan fingerprint density at radius 1 is 1.06 bits per heavy atom. The molecular formula is C26H36FN3O4S. The minimum absolute atomic E-state index is 0.0145. The predicted octanol–water partition coefficient (Wildman–Crippen LogP) is 4.01. The molecule has 0 bridgehead atoms. The summed E-state index contributed by atoms with van der Waals surface area (Å²) in [5.41, 5.74) is 2.28. The molecule has 0 heterocycles. The number of halogens is 1. The number of carbonyl (C=O) groups excluding carboxylic acids is 2. The highest BCUT2D eigenvalue weighted by molar-refractivity contribution is 7.92. The van der Waals surface area contributed by atoms with Crippen molar-refractivity contribution in [2.45, 2.75) is 65.6 Å². The molecule has 2 unspecified atom stereocenters. The van der Waals surface area contributed by atoms with Crippen molar-refractivity contribution in [2.75, 3.05) is 17.1 Å². The van der Waals surface area contributed by atoms with Crippen molar-refractivity contribution in [2.24, 2.45) is 0 Å². The first kappa shape index (κ1) is 28.3. The van der Waals surface area contributed by atoms with E-state index in [1.165, 1.54) is 24.3 Å². The third-order valence-corrected chi connectivity index (χ3v) is 7.23. The number of hydrogen-bond donors (Lipinski definition) is 1. The highest BCUT2D eigenvalue weighted by atomic mass is 32.2. The number of nitrogens with zero attached hydrogens (tertiary/aromatic N) is 2. The average molecular weight is 506 g/mol. The van der Waals surface area contributed by atoms with E-state index in [9.17, 15) is 22.4 Å². The molecule has 0 saturated carbocycles. The zero-order valence-corrected chi connectivity index (χ0v) is 21.9. The first-order valence-corrected chi connectivity index (χ1v) is 13.7. The summed E-state index contributed by atoms with van der Waals surface area (Å²) >= 11 is 0. The second-order valence-electron chi connectivity index (χ2n) is 8.86. The standard InChI is InChI=1S/C26H36FN3O4S/c1-6-20(3)28-26(32)21(4)29(18-22-11-8-7-10-19(22)2)25(31)12-9-17-30(35(5,33)34)24-15-13-23(27)14-16-24/h7-8,10-11,13-16,20-21H,6,9,12,17-18H2,1-5H3,(H,28,32). The molecule has 0 radical (unpaired) electrons. The predicted molar refractivity (Wildman–Crippen MR) is 137 cm³/mol. The number of hydrogen-bond acceptors (Lipinski definition) is 4. The summed E-state index contributed by atoms with van der Waals surface area (Å²) in [6.07, 6.45) is 2.15. The van der Waals surface area contributed by atoms with Crippen molar-refractivity contribution < 1.29 is 22.4 Å². The van der Waals surface area contributed by atoms with Gasteiger partial charge in [0.05, 0.1) is 11.9 Å². The molecular weight excluding hydrogens is 469 g/mol. The van der Waals surface area contributed by atoms with Crippen LogP contribution in [0.4, 0.5) is 10.1 Å². The van der Waals surface area contributed by atoms with Gasteiger partial charge in [0, 0.05) is 25.6 Å². The van der Waals surface area contributed by atoms with E-state index in [1.807, 2.05) is 45.0 Å². The first-order chi connectivity index (χ1) is 16.4. The van der Waals surface area contributed by atoms with Crippen LogP contribution < -0.4 is 9.62 Å². The van der Waals surface area contributed by atoms with Crippen LogP contribution in [-0.4, -0.2) is 50.0 Å². The van der Waals surface area contributed by atoms with Gasteiger partial charge >= 0.3 is 0 Å². The second kappa shape index (κ2) is 12.7. The average Bonchev–Trinajstić information content (AvgIpc) is 2.80. The van der Waals surface area contributed by atoms with E-state index in [4.69, 9.17) is 0 Å². The fourth-order valence-electron chi connectivity index (χ4n) is 3.63. The fraction of sp³-hybridized carbons (Fsp3) is 0.462. The number of carbonyl (C=O) groups is 2. The van der Waals surface area contributed by atoms with Gasteiger partial charge in [-0.3, -0.25) is 13.9 Å². The van der Waals surface area contributed by atoms with Crippen LogP contribution in [-0.2, 0) is 26.2 Å². The molecule has 0 spiro atoms. The highest BCUT2D eigenvalue weighted by Gasteiger charge is 2.27. The molecule has 2 aromatic carbocycles. The van der Waals surface area contributed by atoms with Crippen LogP contribution >= 0.6 is 0 Å². The van der Waals surface area contributed by atoms with Gasteiger partial charge in [-0.05, 0) is 69.0 Å². The van der Waals surface area contributed by atoms with Crippen molar-refractivity contribution in [1.82, 2.24) is 10.2 Å². The highest BCUT2D eigenvalue weighted by Crippen LogP contribution is 2.20. The Kier molecular flexibility index (Phi) is 10.2. The first-order valence-electron chi connectivity index (χ1n) is 11.8. The smallest absolute Gasteiger partial charge is 0.242 e. The third-order valence-electron chi connectivity index (χ3n) is 6.04. The van der Waals surface area contributed by atoms with E-state index in [0.717, 1.165) is 28.1 Å². The third kappa shape index (κ3) is 8.35. The molecule has 0 aliphatic carbocycles. The summed E-state index contributed by atoms with van der Waals surface area (Å²) < 4.78 is 39.1. The molecule has 0 fully saturated rings. The molecule has 192 valence electrons. The largest absolute Gasteiger partial charge is 0.352 e. The number of sulfonamides is 1. The minimum Gasteiger partial charge on any atom is -0.352 e. The normalized spacial score (nSPS) is 13.1. The summed E-state index contributed by atoms with van der Waals surface area (Å²) in [6.45, 7) is 7.87. The van der Waals surface area contributed by atoms with Crippen LogP contribution in [0.15, 0.2) is 48.5 Å². The molecule has 2 rings (SSSR count). The lowest BCUT2D eigenvalue weighted by atomic mass is 10.1. The van der Waals surface area contributed by atoms with Gasteiger partial charge in [-0.25, -0.2) is 12.8 Å². The maximum absolute atomic E-state index is 13.3. The number of benzene rings is 2. The summed E-state index contributed by atoms with van der Waals surface area (Å²) in [6, 6.07) is 12.2. The second-order valence-corrected chi connectivity index (χ2v) is 10.8. The topological polar surface area (TPSA) is 86.8 Å². The number of anilines is 1. The van der Waals surface area contributed by atoms with Crippen molar-refractivity contribution in [3.8, 4) is 0 Å². The van der Waals surface area contributed by atoms with Crippen molar-refractivity contribution in [3.05, 3.63) is 65.5 Å². The molecule has 2 amide bonds. The Hall–Kier alpha value is -2.94. The van der Waals surface area contributed by atoms with Crippen LogP contribution in [0.1, 0.15) is 51.2 Å². The molecule has 0 aliphatic rings. The van der Waals surface area contributed by atoms with E-state index in [1.54, 1.807) is 11.8 Å². The van der Waals surface area contributed by atoms with Gasteiger partial charge in [-0.1, -0.05) is 31.2 Å². The molecule has 35 heavy (non-hydrogen) atoms. The zero-order valence-electron chi connectivity index (χ0n) is 21.1. The molecule has 0 aliphatic heterocycles. The van der Waals surface area contributed by atoms with Gasteiger partial charge in [0.25, 0.3) is 0 Å². The van der Waals surface area contributed by atoms with Gasteiger partial charge < -0.3 is 10.2 Å². The van der Waals surface area contributed by atoms with E-state index in [0.29, 0.717) is 5.69 Å². The summed E-state index contributed by atoms with van der Waals surface area (Å²) in [4.78, 5) is 27.7. The summed E-state index contributed by atoms with van der Waals surface area (Å²) in [7, 11) is -3.63. The van der Waals surface area contributed by atoms with Crippen molar-refractivity contribution >= 4 is 27.5 Å². The lowest BCUT2D eigenvalue weighted by molar-refractivity contribution is -0.140. The van der Waals surface area contributed by atoms with Gasteiger partial charge in [-0.15, -0.1) is 0 Å².